The van der Waals surface area contributed by atoms with Crippen molar-refractivity contribution in [2.75, 3.05) is 0 Å². The topological polar surface area (TPSA) is 59.8 Å². The molecule has 31 heavy (non-hydrogen) atoms. The van der Waals surface area contributed by atoms with E-state index in [2.05, 4.69) is 10.3 Å². The monoisotopic (exact) mass is 412 g/mol. The van der Waals surface area contributed by atoms with Gasteiger partial charge in [0.05, 0.1) is 11.7 Å². The van der Waals surface area contributed by atoms with Gasteiger partial charge in [0.1, 0.15) is 11.5 Å². The Bertz CT molecular complexity index is 1190. The summed E-state index contributed by atoms with van der Waals surface area (Å²) in [5.41, 5.74) is 4.13. The first kappa shape index (κ1) is 20.2. The highest BCUT2D eigenvalue weighted by Gasteiger charge is 2.12. The van der Waals surface area contributed by atoms with Gasteiger partial charge in [0.15, 0.2) is 0 Å². The smallest absolute Gasteiger partial charge is 0.244 e. The van der Waals surface area contributed by atoms with Crippen LogP contribution in [0, 0.1) is 5.82 Å². The van der Waals surface area contributed by atoms with Crippen LogP contribution in [0.5, 0.6) is 0 Å². The summed E-state index contributed by atoms with van der Waals surface area (Å²) >= 11 is 0. The third-order valence-electron chi connectivity index (χ3n) is 4.84. The molecule has 2 aromatic heterocycles. The molecule has 0 saturated heterocycles. The van der Waals surface area contributed by atoms with Gasteiger partial charge in [0.25, 0.3) is 0 Å². The lowest BCUT2D eigenvalue weighted by atomic mass is 10.1. The van der Waals surface area contributed by atoms with E-state index < -0.39 is 0 Å². The highest BCUT2D eigenvalue weighted by Crippen LogP contribution is 2.24. The molecule has 2 aromatic carbocycles. The van der Waals surface area contributed by atoms with Crippen LogP contribution in [0.25, 0.3) is 23.0 Å². The molecule has 154 valence electrons. The lowest BCUT2D eigenvalue weighted by Gasteiger charge is -2.12. The fourth-order valence-electron chi connectivity index (χ4n) is 3.21. The average molecular weight is 412 g/mol. The molecule has 0 spiro atoms. The molecule has 0 aliphatic rings. The van der Waals surface area contributed by atoms with Crippen LogP contribution in [0.2, 0.25) is 0 Å². The van der Waals surface area contributed by atoms with Gasteiger partial charge in [0, 0.05) is 35.8 Å². The Morgan fingerprint density at radius 1 is 1.06 bits per heavy atom. The van der Waals surface area contributed by atoms with Crippen LogP contribution in [-0.4, -0.2) is 20.7 Å². The zero-order chi connectivity index (χ0) is 21.6. The number of para-hydroxylation sites is 1. The van der Waals surface area contributed by atoms with E-state index in [1.54, 1.807) is 35.3 Å². The minimum absolute atomic E-state index is 0.248. The second-order valence-corrected chi connectivity index (χ2v) is 7.07. The fraction of sp³-hybridized carbons (Fsp3) is 0.0800. The third kappa shape index (κ3) is 4.93. The van der Waals surface area contributed by atoms with Crippen LogP contribution in [0.3, 0.4) is 0 Å². The van der Waals surface area contributed by atoms with Crippen molar-refractivity contribution in [1.29, 1.82) is 0 Å². The highest BCUT2D eigenvalue weighted by molar-refractivity contribution is 5.93. The van der Waals surface area contributed by atoms with E-state index >= 15 is 0 Å². The number of rotatable bonds is 6. The first-order valence-electron chi connectivity index (χ1n) is 9.90. The third-order valence-corrected chi connectivity index (χ3v) is 4.84. The molecule has 1 amide bonds. The van der Waals surface area contributed by atoms with Gasteiger partial charge < -0.3 is 5.32 Å². The predicted molar refractivity (Wildman–Crippen MR) is 119 cm³/mol. The summed E-state index contributed by atoms with van der Waals surface area (Å²) in [7, 11) is 0. The molecule has 0 radical (unpaired) electrons. The zero-order valence-electron chi connectivity index (χ0n) is 16.9. The Labute approximate surface area is 179 Å². The molecular weight excluding hydrogens is 391 g/mol. The van der Waals surface area contributed by atoms with Crippen molar-refractivity contribution in [3.63, 3.8) is 0 Å². The molecule has 4 aromatic rings. The lowest BCUT2D eigenvalue weighted by Crippen LogP contribution is -2.24. The Morgan fingerprint density at radius 2 is 1.84 bits per heavy atom. The van der Waals surface area contributed by atoms with Crippen LogP contribution in [0.15, 0.2) is 91.4 Å². The van der Waals surface area contributed by atoms with Crippen LogP contribution >= 0.6 is 0 Å². The Hall–Kier alpha value is -4.06. The maximum absolute atomic E-state index is 13.1. The summed E-state index contributed by atoms with van der Waals surface area (Å²) in [4.78, 5) is 16.7. The second kappa shape index (κ2) is 9.17. The highest BCUT2D eigenvalue weighted by atomic mass is 19.1. The van der Waals surface area contributed by atoms with Crippen molar-refractivity contribution >= 4 is 12.0 Å². The van der Waals surface area contributed by atoms with Crippen LogP contribution in [-0.2, 0) is 4.79 Å². The Morgan fingerprint density at radius 3 is 2.55 bits per heavy atom. The summed E-state index contributed by atoms with van der Waals surface area (Å²) in [6.45, 7) is 1.85. The summed E-state index contributed by atoms with van der Waals surface area (Å²) < 4.78 is 14.9. The van der Waals surface area contributed by atoms with E-state index in [-0.39, 0.29) is 17.8 Å². The van der Waals surface area contributed by atoms with Crippen LogP contribution < -0.4 is 5.32 Å². The van der Waals surface area contributed by atoms with Crippen molar-refractivity contribution in [2.45, 2.75) is 13.0 Å². The average Bonchev–Trinajstić information content (AvgIpc) is 3.24. The van der Waals surface area contributed by atoms with E-state index in [0.29, 0.717) is 0 Å². The maximum Gasteiger partial charge on any atom is 0.244 e. The normalized spacial score (nSPS) is 12.1. The SMILES string of the molecule is CC(NC(=O)/C=C/c1cn(-c2ccccc2)nc1-c1cccnc1)c1ccc(F)cc1. The summed E-state index contributed by atoms with van der Waals surface area (Å²) in [5, 5.41) is 7.60. The number of hydrogen-bond donors (Lipinski definition) is 1. The number of benzene rings is 2. The molecule has 0 aliphatic heterocycles. The van der Waals surface area contributed by atoms with E-state index in [1.807, 2.05) is 55.6 Å². The van der Waals surface area contributed by atoms with E-state index in [0.717, 1.165) is 28.1 Å². The van der Waals surface area contributed by atoms with Gasteiger partial charge in [-0.05, 0) is 55.0 Å². The van der Waals surface area contributed by atoms with Crippen LogP contribution in [0.1, 0.15) is 24.1 Å². The minimum atomic E-state index is -0.305. The predicted octanol–water partition coefficient (Wildman–Crippen LogP) is 4.96. The molecule has 0 bridgehead atoms. The number of aromatic nitrogens is 3. The van der Waals surface area contributed by atoms with Crippen molar-refractivity contribution in [3.05, 3.63) is 108 Å². The standard InChI is InChI=1S/C25H21FN4O/c1-18(19-9-12-22(26)13-10-19)28-24(31)14-11-21-17-30(23-7-3-2-4-8-23)29-25(21)20-6-5-15-27-16-20/h2-18H,1H3,(H,28,31)/b14-11+. The zero-order valence-corrected chi connectivity index (χ0v) is 16.9. The first-order valence-corrected chi connectivity index (χ1v) is 9.90. The summed E-state index contributed by atoms with van der Waals surface area (Å²) in [6, 6.07) is 19.4. The number of nitrogens with zero attached hydrogens (tertiary/aromatic N) is 3. The molecule has 5 nitrogen and oxygen atoms in total. The molecule has 0 fully saturated rings. The Balaban J connectivity index is 1.57. The van der Waals surface area contributed by atoms with Gasteiger partial charge in [-0.25, -0.2) is 9.07 Å². The van der Waals surface area contributed by atoms with E-state index in [4.69, 9.17) is 5.10 Å². The molecule has 4 rings (SSSR count). The van der Waals surface area contributed by atoms with Crippen molar-refractivity contribution in [3.8, 4) is 16.9 Å². The van der Waals surface area contributed by atoms with E-state index in [1.165, 1.54) is 18.2 Å². The maximum atomic E-state index is 13.1. The molecule has 6 heteroatoms. The minimum Gasteiger partial charge on any atom is -0.346 e. The number of carbonyl (C=O) groups is 1. The molecule has 0 saturated carbocycles. The van der Waals surface area contributed by atoms with Gasteiger partial charge in [-0.2, -0.15) is 5.10 Å². The molecule has 1 unspecified atom stereocenters. The first-order chi connectivity index (χ1) is 15.1. The van der Waals surface area contributed by atoms with Gasteiger partial charge in [0.2, 0.25) is 5.91 Å². The molecule has 1 N–H and O–H groups in total. The quantitative estimate of drug-likeness (QED) is 0.455. The molecular formula is C25H21FN4O. The van der Waals surface area contributed by atoms with Gasteiger partial charge >= 0.3 is 0 Å². The summed E-state index contributed by atoms with van der Waals surface area (Å²) in [6.07, 6.45) is 8.54. The molecule has 2 heterocycles. The second-order valence-electron chi connectivity index (χ2n) is 7.07. The number of amides is 1. The number of halogens is 1. The molecule has 1 atom stereocenters. The number of hydrogen-bond acceptors (Lipinski definition) is 3. The van der Waals surface area contributed by atoms with Crippen molar-refractivity contribution in [1.82, 2.24) is 20.1 Å². The number of pyridine rings is 1. The van der Waals surface area contributed by atoms with Crippen molar-refractivity contribution < 1.29 is 9.18 Å². The summed E-state index contributed by atoms with van der Waals surface area (Å²) in [5.74, 6) is -0.554. The largest absolute Gasteiger partial charge is 0.346 e. The molecule has 0 aliphatic carbocycles. The van der Waals surface area contributed by atoms with Gasteiger partial charge in [-0.15, -0.1) is 0 Å². The van der Waals surface area contributed by atoms with Crippen molar-refractivity contribution in [2.24, 2.45) is 0 Å². The number of carbonyl (C=O) groups excluding carboxylic acids is 1. The number of nitrogens with one attached hydrogen (secondary N) is 1. The van der Waals surface area contributed by atoms with Gasteiger partial charge in [-0.3, -0.25) is 9.78 Å². The van der Waals surface area contributed by atoms with Gasteiger partial charge in [-0.1, -0.05) is 30.3 Å². The van der Waals surface area contributed by atoms with Crippen LogP contribution in [0.4, 0.5) is 4.39 Å². The Kier molecular flexibility index (Phi) is 5.98. The fourth-order valence-corrected chi connectivity index (χ4v) is 3.21. The lowest BCUT2D eigenvalue weighted by molar-refractivity contribution is -0.117. The van der Waals surface area contributed by atoms with E-state index in [9.17, 15) is 9.18 Å².